The summed E-state index contributed by atoms with van der Waals surface area (Å²) in [5.74, 6) is 1.43. The van der Waals surface area contributed by atoms with Gasteiger partial charge in [-0.3, -0.25) is 9.78 Å². The second-order valence-electron chi connectivity index (χ2n) is 9.34. The molecule has 1 aliphatic carbocycles. The number of pyridine rings is 1. The fourth-order valence-electron chi connectivity index (χ4n) is 4.61. The number of carbonyl (C=O) groups excluding carboxylic acids is 1. The van der Waals surface area contributed by atoms with Crippen molar-refractivity contribution in [1.82, 2.24) is 4.98 Å². The highest BCUT2D eigenvalue weighted by Gasteiger charge is 2.27. The molecule has 1 heterocycles. The normalized spacial score (nSPS) is 19.0. The SMILES string of the molecule is CCCCCCCCCCC[C@H]1CC[C@H](C(=O)Oc2ccc(CCCC)nc2)CC1. The topological polar surface area (TPSA) is 39.2 Å². The van der Waals surface area contributed by atoms with Gasteiger partial charge in [-0.25, -0.2) is 0 Å². The quantitative estimate of drug-likeness (QED) is 0.215. The molecule has 0 N–H and O–H groups in total. The van der Waals surface area contributed by atoms with Gasteiger partial charge in [-0.2, -0.15) is 0 Å². The van der Waals surface area contributed by atoms with E-state index < -0.39 is 0 Å². The number of aryl methyl sites for hydroxylation is 1. The van der Waals surface area contributed by atoms with E-state index in [2.05, 4.69) is 18.8 Å². The molecule has 30 heavy (non-hydrogen) atoms. The smallest absolute Gasteiger partial charge is 0.314 e. The minimum Gasteiger partial charge on any atom is -0.425 e. The summed E-state index contributed by atoms with van der Waals surface area (Å²) < 4.78 is 5.61. The Bertz CT molecular complexity index is 561. The van der Waals surface area contributed by atoms with E-state index in [1.807, 2.05) is 12.1 Å². The van der Waals surface area contributed by atoms with Gasteiger partial charge in [0.05, 0.1) is 12.1 Å². The van der Waals surface area contributed by atoms with Crippen LogP contribution in [0, 0.1) is 11.8 Å². The van der Waals surface area contributed by atoms with Gasteiger partial charge in [-0.1, -0.05) is 84.5 Å². The largest absolute Gasteiger partial charge is 0.425 e. The van der Waals surface area contributed by atoms with Crippen LogP contribution in [0.4, 0.5) is 0 Å². The molecule has 0 atom stereocenters. The summed E-state index contributed by atoms with van der Waals surface area (Å²) in [6.07, 6.45) is 23.3. The van der Waals surface area contributed by atoms with Crippen molar-refractivity contribution in [2.45, 2.75) is 123 Å². The molecule has 2 rings (SSSR count). The number of rotatable bonds is 15. The Hall–Kier alpha value is -1.38. The first-order valence-corrected chi connectivity index (χ1v) is 12.9. The average molecular weight is 416 g/mol. The second kappa shape index (κ2) is 15.4. The van der Waals surface area contributed by atoms with Crippen LogP contribution in [0.15, 0.2) is 18.3 Å². The molecule has 0 bridgehead atoms. The molecule has 0 unspecified atom stereocenters. The van der Waals surface area contributed by atoms with Gasteiger partial charge in [0.25, 0.3) is 0 Å². The molecule has 0 amide bonds. The van der Waals surface area contributed by atoms with Gasteiger partial charge in [-0.05, 0) is 56.6 Å². The standard InChI is InChI=1S/C27H45NO2/c1-3-5-7-8-9-10-11-12-13-14-23-16-18-24(19-17-23)27(29)30-26-21-20-25(28-22-26)15-6-4-2/h20-24H,3-19H2,1-2H3/t23-,24-. The number of nitrogens with zero attached hydrogens (tertiary/aromatic N) is 1. The van der Waals surface area contributed by atoms with Crippen molar-refractivity contribution in [1.29, 1.82) is 0 Å². The number of hydrogen-bond acceptors (Lipinski definition) is 3. The molecule has 170 valence electrons. The van der Waals surface area contributed by atoms with Crippen LogP contribution < -0.4 is 4.74 Å². The van der Waals surface area contributed by atoms with Crippen molar-refractivity contribution in [3.63, 3.8) is 0 Å². The Labute approximate surface area is 185 Å². The molecule has 3 heteroatoms. The number of aromatic nitrogens is 1. The summed E-state index contributed by atoms with van der Waals surface area (Å²) in [5, 5.41) is 0. The van der Waals surface area contributed by atoms with Gasteiger partial charge in [0, 0.05) is 5.69 Å². The Morgan fingerprint density at radius 2 is 1.50 bits per heavy atom. The Morgan fingerprint density at radius 1 is 0.867 bits per heavy atom. The molecule has 1 aromatic heterocycles. The number of ether oxygens (including phenoxy) is 1. The first kappa shape index (κ1) is 24.9. The number of unbranched alkanes of at least 4 members (excludes halogenated alkanes) is 9. The van der Waals surface area contributed by atoms with E-state index in [0.717, 1.165) is 37.3 Å². The van der Waals surface area contributed by atoms with E-state index in [9.17, 15) is 4.79 Å². The molecule has 0 radical (unpaired) electrons. The van der Waals surface area contributed by atoms with E-state index in [0.29, 0.717) is 5.75 Å². The van der Waals surface area contributed by atoms with E-state index in [1.54, 1.807) is 6.20 Å². The fraction of sp³-hybridized carbons (Fsp3) is 0.778. The van der Waals surface area contributed by atoms with Gasteiger partial charge in [-0.15, -0.1) is 0 Å². The van der Waals surface area contributed by atoms with E-state index >= 15 is 0 Å². The van der Waals surface area contributed by atoms with Gasteiger partial charge in [0.1, 0.15) is 5.75 Å². The lowest BCUT2D eigenvalue weighted by molar-refractivity contribution is -0.140. The zero-order valence-electron chi connectivity index (χ0n) is 19.7. The molecule has 0 saturated heterocycles. The summed E-state index contributed by atoms with van der Waals surface area (Å²) in [4.78, 5) is 16.9. The van der Waals surface area contributed by atoms with Crippen LogP contribution in [0.3, 0.4) is 0 Å². The average Bonchev–Trinajstić information content (AvgIpc) is 2.78. The van der Waals surface area contributed by atoms with Gasteiger partial charge in [0.15, 0.2) is 0 Å². The summed E-state index contributed by atoms with van der Waals surface area (Å²) in [6.45, 7) is 4.46. The van der Waals surface area contributed by atoms with E-state index in [1.165, 1.54) is 83.5 Å². The molecular weight excluding hydrogens is 370 g/mol. The maximum Gasteiger partial charge on any atom is 0.314 e. The monoisotopic (exact) mass is 415 g/mol. The molecular formula is C27H45NO2. The fourth-order valence-corrected chi connectivity index (χ4v) is 4.61. The molecule has 0 aliphatic heterocycles. The maximum atomic E-state index is 12.5. The molecule has 1 saturated carbocycles. The zero-order valence-corrected chi connectivity index (χ0v) is 19.7. The highest BCUT2D eigenvalue weighted by atomic mass is 16.5. The zero-order chi connectivity index (χ0) is 21.4. The minimum atomic E-state index is -0.0559. The summed E-state index contributed by atoms with van der Waals surface area (Å²) in [5.41, 5.74) is 1.08. The van der Waals surface area contributed by atoms with E-state index in [4.69, 9.17) is 4.74 Å². The van der Waals surface area contributed by atoms with Crippen molar-refractivity contribution in [2.75, 3.05) is 0 Å². The predicted molar refractivity (Wildman–Crippen MR) is 126 cm³/mol. The second-order valence-corrected chi connectivity index (χ2v) is 9.34. The van der Waals surface area contributed by atoms with Crippen LogP contribution >= 0.6 is 0 Å². The molecule has 0 aromatic carbocycles. The molecule has 3 nitrogen and oxygen atoms in total. The maximum absolute atomic E-state index is 12.5. The van der Waals surface area contributed by atoms with Crippen LogP contribution in [0.25, 0.3) is 0 Å². The lowest BCUT2D eigenvalue weighted by Gasteiger charge is -2.27. The third-order valence-corrected chi connectivity index (χ3v) is 6.70. The van der Waals surface area contributed by atoms with Gasteiger partial charge >= 0.3 is 5.97 Å². The molecule has 1 aromatic rings. The predicted octanol–water partition coefficient (Wildman–Crippen LogP) is 8.06. The third-order valence-electron chi connectivity index (χ3n) is 6.70. The lowest BCUT2D eigenvalue weighted by Crippen LogP contribution is -2.25. The van der Waals surface area contributed by atoms with Crippen LogP contribution in [0.2, 0.25) is 0 Å². The number of carbonyl (C=O) groups is 1. The van der Waals surface area contributed by atoms with Crippen LogP contribution in [0.5, 0.6) is 5.75 Å². The summed E-state index contributed by atoms with van der Waals surface area (Å²) in [6, 6.07) is 3.88. The van der Waals surface area contributed by atoms with Crippen LogP contribution in [-0.2, 0) is 11.2 Å². The van der Waals surface area contributed by atoms with Crippen molar-refractivity contribution in [3.8, 4) is 5.75 Å². The van der Waals surface area contributed by atoms with E-state index in [-0.39, 0.29) is 11.9 Å². The van der Waals surface area contributed by atoms with Crippen molar-refractivity contribution in [3.05, 3.63) is 24.0 Å². The number of hydrogen-bond donors (Lipinski definition) is 0. The van der Waals surface area contributed by atoms with Crippen molar-refractivity contribution < 1.29 is 9.53 Å². The lowest BCUT2D eigenvalue weighted by atomic mass is 9.80. The first-order valence-electron chi connectivity index (χ1n) is 12.9. The highest BCUT2D eigenvalue weighted by Crippen LogP contribution is 2.33. The molecule has 0 spiro atoms. The highest BCUT2D eigenvalue weighted by molar-refractivity contribution is 5.75. The Balaban J connectivity index is 1.54. The summed E-state index contributed by atoms with van der Waals surface area (Å²) in [7, 11) is 0. The van der Waals surface area contributed by atoms with Crippen LogP contribution in [0.1, 0.15) is 122 Å². The van der Waals surface area contributed by atoms with Gasteiger partial charge in [0.2, 0.25) is 0 Å². The minimum absolute atomic E-state index is 0.0559. The number of esters is 1. The third kappa shape index (κ3) is 10.1. The Kier molecular flexibility index (Phi) is 12.8. The first-order chi connectivity index (χ1) is 14.7. The van der Waals surface area contributed by atoms with Crippen molar-refractivity contribution in [2.24, 2.45) is 11.8 Å². The molecule has 1 aliphatic rings. The van der Waals surface area contributed by atoms with Crippen molar-refractivity contribution >= 4 is 5.97 Å². The Morgan fingerprint density at radius 3 is 2.10 bits per heavy atom. The summed E-state index contributed by atoms with van der Waals surface area (Å²) >= 11 is 0. The van der Waals surface area contributed by atoms with Crippen LogP contribution in [-0.4, -0.2) is 11.0 Å². The van der Waals surface area contributed by atoms with Gasteiger partial charge < -0.3 is 4.74 Å². The molecule has 1 fully saturated rings.